The number of aromatic amines is 1. The van der Waals surface area contributed by atoms with Crippen LogP contribution in [0.5, 0.6) is 5.75 Å². The molecule has 0 radical (unpaired) electrons. The number of halogens is 2. The molecule has 0 spiro atoms. The first-order chi connectivity index (χ1) is 17.6. The molecule has 0 bridgehead atoms. The van der Waals surface area contributed by atoms with Gasteiger partial charge in [-0.25, -0.2) is 9.37 Å². The summed E-state index contributed by atoms with van der Waals surface area (Å²) in [7, 11) is 0. The summed E-state index contributed by atoms with van der Waals surface area (Å²) in [6.45, 7) is 7.88. The zero-order valence-corrected chi connectivity index (χ0v) is 23.1. The minimum absolute atomic E-state index is 0. The fraction of sp³-hybridized carbons (Fsp3) is 0.704. The van der Waals surface area contributed by atoms with Gasteiger partial charge in [-0.1, -0.05) is 0 Å². The summed E-state index contributed by atoms with van der Waals surface area (Å²) in [6.07, 6.45) is 8.15. The molecule has 3 aliphatic rings. The van der Waals surface area contributed by atoms with Crippen LogP contribution in [-0.4, -0.2) is 72.7 Å². The highest BCUT2D eigenvalue weighted by molar-refractivity contribution is 7.99. The Morgan fingerprint density at radius 2 is 1.84 bits per heavy atom. The number of likely N-dealkylation sites (tertiary alicyclic amines) is 1. The molecule has 4 heterocycles. The molecule has 3 saturated heterocycles. The van der Waals surface area contributed by atoms with Gasteiger partial charge in [0.05, 0.1) is 17.9 Å². The zero-order valence-electron chi connectivity index (χ0n) is 21.5. The van der Waals surface area contributed by atoms with Crippen LogP contribution in [0.2, 0.25) is 0 Å². The Hall–Kier alpha value is -1.39. The number of nitrogens with zero attached hydrogens (tertiary/aromatic N) is 2. The van der Waals surface area contributed by atoms with Gasteiger partial charge in [0.2, 0.25) is 0 Å². The third-order valence-corrected chi connectivity index (χ3v) is 9.30. The number of nitrogens with one attached hydrogen (secondary N) is 2. The Labute approximate surface area is 229 Å². The van der Waals surface area contributed by atoms with Crippen molar-refractivity contribution in [3.05, 3.63) is 34.1 Å². The van der Waals surface area contributed by atoms with E-state index >= 15 is 0 Å². The van der Waals surface area contributed by atoms with Gasteiger partial charge < -0.3 is 24.7 Å². The van der Waals surface area contributed by atoms with E-state index in [1.54, 1.807) is 17.8 Å². The van der Waals surface area contributed by atoms with Gasteiger partial charge in [-0.3, -0.25) is 4.79 Å². The maximum Gasteiger partial charge on any atom is 0.261 e. The lowest BCUT2D eigenvalue weighted by atomic mass is 9.93. The second-order valence-corrected chi connectivity index (χ2v) is 11.8. The highest BCUT2D eigenvalue weighted by Crippen LogP contribution is 2.27. The van der Waals surface area contributed by atoms with Crippen molar-refractivity contribution in [2.75, 3.05) is 52.5 Å². The largest absolute Gasteiger partial charge is 0.493 e. The van der Waals surface area contributed by atoms with Gasteiger partial charge in [-0.2, -0.15) is 11.8 Å². The molecule has 1 aromatic heterocycles. The van der Waals surface area contributed by atoms with Gasteiger partial charge in [-0.05, 0) is 89.5 Å². The average Bonchev–Trinajstić information content (AvgIpc) is 2.91. The first-order valence-corrected chi connectivity index (χ1v) is 14.7. The van der Waals surface area contributed by atoms with Gasteiger partial charge in [0.1, 0.15) is 22.8 Å². The molecule has 7 nitrogen and oxygen atoms in total. The van der Waals surface area contributed by atoms with Crippen LogP contribution in [0.4, 0.5) is 4.39 Å². The molecule has 3 fully saturated rings. The number of H-pyrrole nitrogens is 1. The summed E-state index contributed by atoms with van der Waals surface area (Å²) in [5, 5.41) is 3.95. The topological polar surface area (TPSA) is 79.5 Å². The van der Waals surface area contributed by atoms with E-state index in [1.807, 2.05) is 0 Å². The molecule has 0 saturated carbocycles. The van der Waals surface area contributed by atoms with E-state index in [-0.39, 0.29) is 17.8 Å². The number of hydrogen-bond donors (Lipinski definition) is 2. The highest BCUT2D eigenvalue weighted by Gasteiger charge is 2.22. The Morgan fingerprint density at radius 3 is 2.59 bits per heavy atom. The predicted molar refractivity (Wildman–Crippen MR) is 150 cm³/mol. The average molecular weight is 555 g/mol. The summed E-state index contributed by atoms with van der Waals surface area (Å²) in [5.41, 5.74) is -0.0625. The van der Waals surface area contributed by atoms with Crippen molar-refractivity contribution in [2.24, 2.45) is 11.8 Å². The standard InChI is InChI=1S/C27H39FN4O3S.ClH/c28-23-15-21(35-17-20-4-11-32(12-5-20)10-3-19-1-8-29-9-2-19)16-24-26(23)27(33)31-25(30-24)18-36-22-6-13-34-14-7-22;/h15-16,19-20,22,29H,1-14,17-18H2,(H,30,31,33);1H. The van der Waals surface area contributed by atoms with Gasteiger partial charge in [0.15, 0.2) is 0 Å². The van der Waals surface area contributed by atoms with Crippen molar-refractivity contribution in [1.82, 2.24) is 20.2 Å². The van der Waals surface area contributed by atoms with Gasteiger partial charge >= 0.3 is 0 Å². The van der Waals surface area contributed by atoms with Crippen molar-refractivity contribution in [3.63, 3.8) is 0 Å². The molecule has 0 atom stereocenters. The minimum atomic E-state index is -0.576. The molecule has 0 unspecified atom stereocenters. The fourth-order valence-electron chi connectivity index (χ4n) is 5.57. The summed E-state index contributed by atoms with van der Waals surface area (Å²) in [6, 6.07) is 3.04. The third-order valence-electron chi connectivity index (χ3n) is 7.91. The van der Waals surface area contributed by atoms with Crippen LogP contribution in [0, 0.1) is 17.7 Å². The Kier molecular flexibility index (Phi) is 10.9. The molecule has 10 heteroatoms. The Morgan fingerprint density at radius 1 is 1.08 bits per heavy atom. The third kappa shape index (κ3) is 8.05. The second kappa shape index (κ2) is 14.1. The highest BCUT2D eigenvalue weighted by atomic mass is 35.5. The van der Waals surface area contributed by atoms with E-state index in [0.29, 0.717) is 40.6 Å². The SMILES string of the molecule is Cl.O=c1[nH]c(CSC2CCOCC2)nc2cc(OCC3CCN(CCC4CCNCC4)CC3)cc(F)c12. The van der Waals surface area contributed by atoms with Crippen LogP contribution >= 0.6 is 24.2 Å². The molecule has 2 aromatic rings. The van der Waals surface area contributed by atoms with Crippen LogP contribution < -0.4 is 15.6 Å². The first kappa shape index (κ1) is 28.6. The van der Waals surface area contributed by atoms with Crippen molar-refractivity contribution in [3.8, 4) is 5.75 Å². The van der Waals surface area contributed by atoms with E-state index in [4.69, 9.17) is 9.47 Å². The van der Waals surface area contributed by atoms with Crippen LogP contribution in [0.25, 0.3) is 10.9 Å². The monoisotopic (exact) mass is 554 g/mol. The molecule has 1 aromatic carbocycles. The summed E-state index contributed by atoms with van der Waals surface area (Å²) < 4.78 is 26.2. The lowest BCUT2D eigenvalue weighted by Gasteiger charge is -2.33. The van der Waals surface area contributed by atoms with Crippen molar-refractivity contribution < 1.29 is 13.9 Å². The van der Waals surface area contributed by atoms with Gasteiger partial charge in [-0.15, -0.1) is 12.4 Å². The number of fused-ring (bicyclic) bond motifs is 1. The Bertz CT molecular complexity index is 1050. The summed E-state index contributed by atoms with van der Waals surface area (Å²) in [5.74, 6) is 2.40. The zero-order chi connectivity index (χ0) is 24.7. The van der Waals surface area contributed by atoms with Crippen molar-refractivity contribution in [1.29, 1.82) is 0 Å². The molecule has 206 valence electrons. The van der Waals surface area contributed by atoms with E-state index in [1.165, 1.54) is 45.0 Å². The van der Waals surface area contributed by atoms with Crippen LogP contribution in [0.15, 0.2) is 16.9 Å². The van der Waals surface area contributed by atoms with Crippen LogP contribution in [0.3, 0.4) is 0 Å². The molecule has 3 aliphatic heterocycles. The number of piperidine rings is 2. The maximum absolute atomic E-state index is 14.8. The number of thioether (sulfide) groups is 1. The quantitative estimate of drug-likeness (QED) is 0.476. The first-order valence-electron chi connectivity index (χ1n) is 13.6. The predicted octanol–water partition coefficient (Wildman–Crippen LogP) is 4.38. The van der Waals surface area contributed by atoms with Crippen LogP contribution in [-0.2, 0) is 10.5 Å². The number of rotatable bonds is 9. The molecular formula is C27H40ClFN4O3S. The van der Waals surface area contributed by atoms with E-state index in [2.05, 4.69) is 20.2 Å². The molecule has 5 rings (SSSR count). The van der Waals surface area contributed by atoms with Crippen LogP contribution in [0.1, 0.15) is 50.8 Å². The van der Waals surface area contributed by atoms with E-state index in [0.717, 1.165) is 57.9 Å². The molecule has 0 amide bonds. The normalized spacial score (nSPS) is 20.7. The minimum Gasteiger partial charge on any atom is -0.493 e. The molecule has 37 heavy (non-hydrogen) atoms. The summed E-state index contributed by atoms with van der Waals surface area (Å²) >= 11 is 1.77. The lowest BCUT2D eigenvalue weighted by Crippen LogP contribution is -2.37. The van der Waals surface area contributed by atoms with Gasteiger partial charge in [0.25, 0.3) is 5.56 Å². The maximum atomic E-state index is 14.8. The van der Waals surface area contributed by atoms with Crippen molar-refractivity contribution >= 4 is 35.1 Å². The van der Waals surface area contributed by atoms with E-state index in [9.17, 15) is 9.18 Å². The Balaban J connectivity index is 0.00000320. The number of aromatic nitrogens is 2. The fourth-order valence-corrected chi connectivity index (χ4v) is 6.62. The molecule has 2 N–H and O–H groups in total. The second-order valence-electron chi connectivity index (χ2n) is 10.5. The number of benzene rings is 1. The molecule has 0 aliphatic carbocycles. The van der Waals surface area contributed by atoms with Crippen molar-refractivity contribution in [2.45, 2.75) is 55.9 Å². The lowest BCUT2D eigenvalue weighted by molar-refractivity contribution is 0.1000. The van der Waals surface area contributed by atoms with E-state index < -0.39 is 11.4 Å². The summed E-state index contributed by atoms with van der Waals surface area (Å²) in [4.78, 5) is 22.5. The van der Waals surface area contributed by atoms with Gasteiger partial charge in [0, 0.05) is 30.6 Å². The number of hydrogen-bond acceptors (Lipinski definition) is 7. The number of ether oxygens (including phenoxy) is 2. The molecular weight excluding hydrogens is 515 g/mol. The smallest absolute Gasteiger partial charge is 0.261 e.